The summed E-state index contributed by atoms with van der Waals surface area (Å²) in [5.74, 6) is -0.155. The van der Waals surface area contributed by atoms with Gasteiger partial charge >= 0.3 is 11.6 Å². The first kappa shape index (κ1) is 20.2. The second-order valence-corrected chi connectivity index (χ2v) is 8.19. The molecule has 0 aliphatic carbocycles. The summed E-state index contributed by atoms with van der Waals surface area (Å²) in [6.07, 6.45) is -0.936. The summed E-state index contributed by atoms with van der Waals surface area (Å²) >= 11 is 1.70. The van der Waals surface area contributed by atoms with Crippen LogP contribution in [0.2, 0.25) is 0 Å². The van der Waals surface area contributed by atoms with Crippen LogP contribution in [0.4, 0.5) is 5.69 Å². The Kier molecular flexibility index (Phi) is 5.93. The largest absolute Gasteiger partial charge is 0.448 e. The van der Waals surface area contributed by atoms with Gasteiger partial charge in [-0.15, -0.1) is 11.8 Å². The summed E-state index contributed by atoms with van der Waals surface area (Å²) in [7, 11) is 0. The van der Waals surface area contributed by atoms with E-state index in [0.717, 1.165) is 16.3 Å². The van der Waals surface area contributed by atoms with Crippen LogP contribution in [0.15, 0.2) is 44.4 Å². The zero-order chi connectivity index (χ0) is 20.4. The highest BCUT2D eigenvalue weighted by molar-refractivity contribution is 7.99. The summed E-state index contributed by atoms with van der Waals surface area (Å²) < 4.78 is 10.7. The van der Waals surface area contributed by atoms with E-state index in [1.54, 1.807) is 23.6 Å². The molecule has 3 rings (SSSR count). The van der Waals surface area contributed by atoms with Crippen molar-refractivity contribution < 1.29 is 18.7 Å². The number of hydrogen-bond donors (Lipinski definition) is 0. The lowest BCUT2D eigenvalue weighted by molar-refractivity contribution is -0.129. The molecule has 7 heteroatoms. The number of aryl methyl sites for hydroxylation is 2. The minimum atomic E-state index is -0.936. The zero-order valence-electron chi connectivity index (χ0n) is 16.4. The molecule has 0 bridgehead atoms. The third kappa shape index (κ3) is 3.99. The van der Waals surface area contributed by atoms with Crippen molar-refractivity contribution in [1.82, 2.24) is 0 Å². The van der Waals surface area contributed by atoms with Crippen molar-refractivity contribution in [2.45, 2.75) is 38.7 Å². The molecule has 0 saturated heterocycles. The van der Waals surface area contributed by atoms with Crippen LogP contribution in [0, 0.1) is 19.8 Å². The molecule has 0 radical (unpaired) electrons. The van der Waals surface area contributed by atoms with Gasteiger partial charge in [0.25, 0.3) is 5.91 Å². The molecule has 1 aromatic heterocycles. The van der Waals surface area contributed by atoms with Gasteiger partial charge in [0, 0.05) is 23.3 Å². The first-order valence-corrected chi connectivity index (χ1v) is 10.1. The van der Waals surface area contributed by atoms with Crippen molar-refractivity contribution >= 4 is 29.3 Å². The van der Waals surface area contributed by atoms with Crippen LogP contribution in [0.25, 0.3) is 0 Å². The van der Waals surface area contributed by atoms with Gasteiger partial charge in [-0.1, -0.05) is 26.0 Å². The van der Waals surface area contributed by atoms with E-state index in [1.807, 2.05) is 38.1 Å². The Bertz CT molecular complexity index is 939. The first-order chi connectivity index (χ1) is 13.3. The monoisotopic (exact) mass is 401 g/mol. The zero-order valence-corrected chi connectivity index (χ0v) is 17.2. The van der Waals surface area contributed by atoms with Crippen molar-refractivity contribution in [2.24, 2.45) is 5.92 Å². The van der Waals surface area contributed by atoms with E-state index in [0.29, 0.717) is 12.1 Å². The minimum absolute atomic E-state index is 0.185. The predicted molar refractivity (Wildman–Crippen MR) is 108 cm³/mol. The second kappa shape index (κ2) is 8.22. The van der Waals surface area contributed by atoms with E-state index in [1.165, 1.54) is 13.0 Å². The molecule has 1 amide bonds. The number of carbonyl (C=O) groups excluding carboxylic acids is 2. The third-order valence-corrected chi connectivity index (χ3v) is 5.66. The highest BCUT2D eigenvalue weighted by Crippen LogP contribution is 2.35. The average molecular weight is 401 g/mol. The van der Waals surface area contributed by atoms with Gasteiger partial charge in [0.1, 0.15) is 11.3 Å². The molecule has 0 spiro atoms. The summed E-state index contributed by atoms with van der Waals surface area (Å²) in [5, 5.41) is 0. The number of ether oxygens (including phenoxy) is 1. The SMILES string of the molecule is Cc1cc(=O)oc(C)c1C(=O)O[C@@H](C(=O)N1CCSc2ccccc21)C(C)C. The van der Waals surface area contributed by atoms with Crippen molar-refractivity contribution in [3.05, 3.63) is 57.6 Å². The number of thioether (sulfide) groups is 1. The first-order valence-electron chi connectivity index (χ1n) is 9.15. The molecule has 1 aliphatic rings. The summed E-state index contributed by atoms with van der Waals surface area (Å²) in [6.45, 7) is 7.41. The van der Waals surface area contributed by atoms with E-state index < -0.39 is 17.7 Å². The van der Waals surface area contributed by atoms with Crippen LogP contribution in [0.3, 0.4) is 0 Å². The van der Waals surface area contributed by atoms with Gasteiger partial charge in [0.05, 0.1) is 5.69 Å². The van der Waals surface area contributed by atoms with E-state index >= 15 is 0 Å². The van der Waals surface area contributed by atoms with Gasteiger partial charge < -0.3 is 14.1 Å². The number of para-hydroxylation sites is 1. The van der Waals surface area contributed by atoms with Crippen LogP contribution in [0.5, 0.6) is 0 Å². The van der Waals surface area contributed by atoms with Gasteiger partial charge in [-0.25, -0.2) is 9.59 Å². The number of esters is 1. The molecular weight excluding hydrogens is 378 g/mol. The second-order valence-electron chi connectivity index (χ2n) is 7.06. The molecule has 1 atom stereocenters. The van der Waals surface area contributed by atoms with Gasteiger partial charge in [-0.05, 0) is 37.5 Å². The fourth-order valence-electron chi connectivity index (χ4n) is 3.26. The number of carbonyl (C=O) groups is 2. The van der Waals surface area contributed by atoms with E-state index in [4.69, 9.17) is 9.15 Å². The molecule has 2 aromatic rings. The van der Waals surface area contributed by atoms with E-state index in [-0.39, 0.29) is 23.1 Å². The van der Waals surface area contributed by atoms with Gasteiger partial charge in [0.15, 0.2) is 6.10 Å². The van der Waals surface area contributed by atoms with Crippen molar-refractivity contribution in [1.29, 1.82) is 0 Å². The number of nitrogens with zero attached hydrogens (tertiary/aromatic N) is 1. The standard InChI is InChI=1S/C21H23NO5S/c1-12(2)19(27-21(25)18-13(3)11-17(23)26-14(18)4)20(24)22-9-10-28-16-8-6-5-7-15(16)22/h5-8,11-12,19H,9-10H2,1-4H3/t19-/m1/s1. The fourth-order valence-corrected chi connectivity index (χ4v) is 4.26. The van der Waals surface area contributed by atoms with Gasteiger partial charge in [-0.2, -0.15) is 0 Å². The highest BCUT2D eigenvalue weighted by atomic mass is 32.2. The Labute approximate surface area is 167 Å². The maximum atomic E-state index is 13.3. The molecule has 6 nitrogen and oxygen atoms in total. The molecular formula is C21H23NO5S. The molecule has 0 unspecified atom stereocenters. The van der Waals surface area contributed by atoms with Crippen molar-refractivity contribution in [2.75, 3.05) is 17.2 Å². The third-order valence-electron chi connectivity index (χ3n) is 4.62. The van der Waals surface area contributed by atoms with Crippen LogP contribution in [0.1, 0.15) is 35.5 Å². The Morgan fingerprint density at radius 3 is 2.61 bits per heavy atom. The lowest BCUT2D eigenvalue weighted by Gasteiger charge is -2.33. The topological polar surface area (TPSA) is 76.8 Å². The quantitative estimate of drug-likeness (QED) is 0.729. The van der Waals surface area contributed by atoms with Crippen LogP contribution in [-0.4, -0.2) is 30.3 Å². The van der Waals surface area contributed by atoms with Crippen LogP contribution in [-0.2, 0) is 9.53 Å². The molecule has 0 fully saturated rings. The maximum Gasteiger partial charge on any atom is 0.342 e. The van der Waals surface area contributed by atoms with Crippen LogP contribution >= 0.6 is 11.8 Å². The molecule has 2 heterocycles. The summed E-state index contributed by atoms with van der Waals surface area (Å²) in [4.78, 5) is 40.2. The van der Waals surface area contributed by atoms with Crippen LogP contribution < -0.4 is 10.5 Å². The van der Waals surface area contributed by atoms with Crippen molar-refractivity contribution in [3.63, 3.8) is 0 Å². The number of hydrogen-bond acceptors (Lipinski definition) is 6. The Hall–Kier alpha value is -2.54. The van der Waals surface area contributed by atoms with Gasteiger partial charge in [0.2, 0.25) is 0 Å². The lowest BCUT2D eigenvalue weighted by atomic mass is 10.0. The Balaban J connectivity index is 1.88. The number of benzene rings is 1. The van der Waals surface area contributed by atoms with Crippen molar-refractivity contribution in [3.8, 4) is 0 Å². The number of amides is 1. The Morgan fingerprint density at radius 2 is 1.93 bits per heavy atom. The molecule has 1 aliphatic heterocycles. The number of anilines is 1. The Morgan fingerprint density at radius 1 is 1.21 bits per heavy atom. The smallest absolute Gasteiger partial charge is 0.342 e. The lowest BCUT2D eigenvalue weighted by Crippen LogP contribution is -2.46. The fraction of sp³-hybridized carbons (Fsp3) is 0.381. The highest BCUT2D eigenvalue weighted by Gasteiger charge is 2.34. The number of rotatable bonds is 4. The van der Waals surface area contributed by atoms with E-state index in [9.17, 15) is 14.4 Å². The normalized spacial score (nSPS) is 14.5. The summed E-state index contributed by atoms with van der Waals surface area (Å²) in [6, 6.07) is 8.95. The van der Waals surface area contributed by atoms with E-state index in [2.05, 4.69) is 0 Å². The molecule has 1 aromatic carbocycles. The molecule has 148 valence electrons. The summed E-state index contributed by atoms with van der Waals surface area (Å²) in [5.41, 5.74) is 0.968. The molecule has 0 N–H and O–H groups in total. The average Bonchev–Trinajstić information content (AvgIpc) is 2.64. The number of fused-ring (bicyclic) bond motifs is 1. The minimum Gasteiger partial charge on any atom is -0.448 e. The van der Waals surface area contributed by atoms with Gasteiger partial charge in [-0.3, -0.25) is 4.79 Å². The predicted octanol–water partition coefficient (Wildman–Crippen LogP) is 3.58. The maximum absolute atomic E-state index is 13.3. The molecule has 0 saturated carbocycles. The molecule has 28 heavy (non-hydrogen) atoms.